The molecule has 0 fully saturated rings. The molecule has 0 radical (unpaired) electrons. The number of hydrogen-bond donors (Lipinski definition) is 2. The zero-order chi connectivity index (χ0) is 4.41. The van der Waals surface area contributed by atoms with E-state index >= 15 is 0 Å². The van der Waals surface area contributed by atoms with Crippen LogP contribution in [0, 0.1) is 0 Å². The average Bonchev–Trinajstić information content (AvgIpc) is 1.86. The third-order valence-corrected chi connectivity index (χ3v) is 0.727. The molecule has 0 unspecified atom stereocenters. The van der Waals surface area contributed by atoms with E-state index in [4.69, 9.17) is 0 Å². The van der Waals surface area contributed by atoms with E-state index in [1.165, 1.54) is 0 Å². The van der Waals surface area contributed by atoms with Gasteiger partial charge in [0, 0.05) is 12.4 Å². The molecule has 0 saturated carbocycles. The van der Waals surface area contributed by atoms with Gasteiger partial charge in [0.2, 0.25) is 0 Å². The molecule has 1 heterocycles. The Morgan fingerprint density at radius 1 is 1.57 bits per heavy atom. The highest BCUT2D eigenvalue weighted by molar-refractivity contribution is 7.78. The molecule has 0 atom stereocenters. The van der Waals surface area contributed by atoms with E-state index in [1.807, 2.05) is 0 Å². The fraction of sp³-hybridized carbons (Fsp3) is 0. The minimum Gasteiger partial charge on any atom is -0.344 e. The third kappa shape index (κ3) is 1.61. The molecule has 3 nitrogen and oxygen atoms in total. The Kier molecular flexibility index (Phi) is 2.47. The molecular weight excluding hydrogens is 110 g/mol. The highest BCUT2D eigenvalue weighted by Crippen LogP contribution is 1.82. The fourth-order valence-electron chi connectivity index (χ4n) is 0.252. The molecule has 3 N–H and O–H groups in total. The van der Waals surface area contributed by atoms with Crippen LogP contribution < -0.4 is 6.15 Å². The zero-order valence-electron chi connectivity index (χ0n) is 3.78. The third-order valence-electron chi connectivity index (χ3n) is 0.490. The molecular formula is C3H7N3S. The summed E-state index contributed by atoms with van der Waals surface area (Å²) in [6.45, 7) is 0. The van der Waals surface area contributed by atoms with Gasteiger partial charge in [0.25, 0.3) is 0 Å². The Labute approximate surface area is 47.5 Å². The van der Waals surface area contributed by atoms with Crippen molar-refractivity contribution in [3.8, 4) is 0 Å². The van der Waals surface area contributed by atoms with Crippen LogP contribution in [0.4, 0.5) is 0 Å². The number of thiol groups is 1. The minimum atomic E-state index is 0. The zero-order valence-corrected chi connectivity index (χ0v) is 4.68. The van der Waals surface area contributed by atoms with Crippen molar-refractivity contribution in [2.45, 2.75) is 0 Å². The van der Waals surface area contributed by atoms with Crippen molar-refractivity contribution in [3.05, 3.63) is 18.7 Å². The Morgan fingerprint density at radius 2 is 2.29 bits per heavy atom. The van der Waals surface area contributed by atoms with E-state index in [9.17, 15) is 0 Å². The summed E-state index contributed by atoms with van der Waals surface area (Å²) in [5.41, 5.74) is 0. The molecule has 0 aromatic carbocycles. The predicted molar refractivity (Wildman–Crippen MR) is 31.6 cm³/mol. The normalized spacial score (nSPS) is 7.57. The van der Waals surface area contributed by atoms with E-state index in [2.05, 4.69) is 17.8 Å². The van der Waals surface area contributed by atoms with Crippen LogP contribution in [-0.4, -0.2) is 8.96 Å². The summed E-state index contributed by atoms with van der Waals surface area (Å²) in [4.78, 5) is 3.71. The second-order valence-electron chi connectivity index (χ2n) is 0.943. The monoisotopic (exact) mass is 117 g/mol. The smallest absolute Gasteiger partial charge is 0.104 e. The average molecular weight is 117 g/mol. The van der Waals surface area contributed by atoms with E-state index in [0.717, 1.165) is 0 Å². The van der Waals surface area contributed by atoms with Gasteiger partial charge in [-0.25, -0.2) is 4.98 Å². The molecule has 1 rings (SSSR count). The van der Waals surface area contributed by atoms with Crippen LogP contribution in [0.25, 0.3) is 0 Å². The fourth-order valence-corrected chi connectivity index (χ4v) is 0.371. The Balaban J connectivity index is 0.000000360. The van der Waals surface area contributed by atoms with Crippen LogP contribution in [0.1, 0.15) is 0 Å². The summed E-state index contributed by atoms with van der Waals surface area (Å²) < 4.78 is 1.58. The van der Waals surface area contributed by atoms with Gasteiger partial charge in [-0.05, 0) is 0 Å². The van der Waals surface area contributed by atoms with Crippen LogP contribution in [0.15, 0.2) is 18.7 Å². The first-order chi connectivity index (χ1) is 2.89. The van der Waals surface area contributed by atoms with Crippen molar-refractivity contribution in [1.82, 2.24) is 15.1 Å². The molecule has 0 aliphatic carbocycles. The molecule has 4 heteroatoms. The van der Waals surface area contributed by atoms with E-state index in [1.54, 1.807) is 22.7 Å². The van der Waals surface area contributed by atoms with Crippen LogP contribution in [0.2, 0.25) is 0 Å². The summed E-state index contributed by atoms with van der Waals surface area (Å²) in [7, 11) is 0. The Morgan fingerprint density at radius 3 is 2.43 bits per heavy atom. The molecule has 0 aliphatic heterocycles. The van der Waals surface area contributed by atoms with Gasteiger partial charge >= 0.3 is 0 Å². The Bertz CT molecular complexity index is 114. The van der Waals surface area contributed by atoms with Crippen molar-refractivity contribution in [1.29, 1.82) is 0 Å². The second kappa shape index (κ2) is 2.65. The second-order valence-corrected chi connectivity index (χ2v) is 1.40. The highest BCUT2D eigenvalue weighted by atomic mass is 32.1. The molecule has 7 heavy (non-hydrogen) atoms. The Hall–Kier alpha value is -0.480. The molecule has 0 amide bonds. The van der Waals surface area contributed by atoms with Crippen molar-refractivity contribution in [2.24, 2.45) is 0 Å². The maximum Gasteiger partial charge on any atom is 0.104 e. The number of hydrogen-bond acceptors (Lipinski definition) is 3. The van der Waals surface area contributed by atoms with E-state index < -0.39 is 0 Å². The number of nitrogens with zero attached hydrogens (tertiary/aromatic N) is 2. The molecule has 1 aromatic heterocycles. The molecule has 0 aliphatic rings. The standard InChI is InChI=1S/C3H4N2S.H3N/c6-5-2-1-4-3-5;/h1-3,6H;1H3. The maximum absolute atomic E-state index is 3.89. The molecule has 0 saturated heterocycles. The van der Waals surface area contributed by atoms with Gasteiger partial charge in [0.05, 0.1) is 0 Å². The summed E-state index contributed by atoms with van der Waals surface area (Å²) >= 11 is 3.89. The first-order valence-electron chi connectivity index (χ1n) is 1.57. The molecule has 40 valence electrons. The lowest BCUT2D eigenvalue weighted by Gasteiger charge is -1.74. The lowest BCUT2D eigenvalue weighted by atomic mass is 11.0. The summed E-state index contributed by atoms with van der Waals surface area (Å²) in [5, 5.41) is 0. The lowest BCUT2D eigenvalue weighted by Crippen LogP contribution is -1.65. The molecule has 1 aromatic rings. The van der Waals surface area contributed by atoms with Crippen molar-refractivity contribution < 1.29 is 0 Å². The summed E-state index contributed by atoms with van der Waals surface area (Å²) in [6.07, 6.45) is 5.04. The van der Waals surface area contributed by atoms with Crippen LogP contribution >= 0.6 is 12.8 Å². The first-order valence-corrected chi connectivity index (χ1v) is 1.97. The van der Waals surface area contributed by atoms with E-state index in [-0.39, 0.29) is 6.15 Å². The topological polar surface area (TPSA) is 52.8 Å². The van der Waals surface area contributed by atoms with Gasteiger partial charge < -0.3 is 6.15 Å². The van der Waals surface area contributed by atoms with Crippen molar-refractivity contribution in [2.75, 3.05) is 0 Å². The van der Waals surface area contributed by atoms with Gasteiger partial charge in [0.1, 0.15) is 6.33 Å². The molecule has 0 bridgehead atoms. The molecule has 0 spiro atoms. The number of aromatic nitrogens is 2. The van der Waals surface area contributed by atoms with Crippen LogP contribution in [0.5, 0.6) is 0 Å². The summed E-state index contributed by atoms with van der Waals surface area (Å²) in [6, 6.07) is 0. The highest BCUT2D eigenvalue weighted by Gasteiger charge is 1.70. The van der Waals surface area contributed by atoms with Gasteiger partial charge in [-0.3, -0.25) is 3.97 Å². The van der Waals surface area contributed by atoms with Crippen molar-refractivity contribution in [3.63, 3.8) is 0 Å². The van der Waals surface area contributed by atoms with Gasteiger partial charge in [-0.15, -0.1) is 0 Å². The van der Waals surface area contributed by atoms with Gasteiger partial charge in [-0.2, -0.15) is 0 Å². The SMILES string of the molecule is N.Sn1ccnc1. The minimum absolute atomic E-state index is 0. The number of imidazole rings is 1. The van der Waals surface area contributed by atoms with Crippen molar-refractivity contribution >= 4 is 12.8 Å². The number of rotatable bonds is 0. The maximum atomic E-state index is 3.89. The predicted octanol–water partition coefficient (Wildman–Crippen LogP) is 0.738. The van der Waals surface area contributed by atoms with Crippen LogP contribution in [-0.2, 0) is 0 Å². The van der Waals surface area contributed by atoms with Gasteiger partial charge in [-0.1, -0.05) is 12.8 Å². The quantitative estimate of drug-likeness (QED) is 0.492. The van der Waals surface area contributed by atoms with Gasteiger partial charge in [0.15, 0.2) is 0 Å². The summed E-state index contributed by atoms with van der Waals surface area (Å²) in [5.74, 6) is 0. The van der Waals surface area contributed by atoms with E-state index in [0.29, 0.717) is 0 Å². The lowest BCUT2D eigenvalue weighted by molar-refractivity contribution is 1.25. The first kappa shape index (κ1) is 6.52. The van der Waals surface area contributed by atoms with Crippen LogP contribution in [0.3, 0.4) is 0 Å². The largest absolute Gasteiger partial charge is 0.344 e.